The van der Waals surface area contributed by atoms with Crippen molar-refractivity contribution in [1.82, 2.24) is 14.8 Å². The standard InChI is InChI=1S/C14H15N3O2/c1-9-15-16-14(17(9)2)8-19-11-4-5-12-10(7-11)3-6-13(12)18/h4-5,7H,3,6,8H2,1-2H3. The third kappa shape index (κ3) is 2.12. The van der Waals surface area contributed by atoms with E-state index in [4.69, 9.17) is 4.74 Å². The van der Waals surface area contributed by atoms with Gasteiger partial charge >= 0.3 is 0 Å². The van der Waals surface area contributed by atoms with Crippen LogP contribution in [0.25, 0.3) is 0 Å². The van der Waals surface area contributed by atoms with Crippen LogP contribution < -0.4 is 4.74 Å². The molecule has 1 aromatic heterocycles. The Morgan fingerprint density at radius 2 is 2.16 bits per heavy atom. The first kappa shape index (κ1) is 11.9. The molecule has 2 aromatic rings. The molecule has 3 rings (SSSR count). The van der Waals surface area contributed by atoms with Gasteiger partial charge in [0.2, 0.25) is 0 Å². The van der Waals surface area contributed by atoms with Crippen LogP contribution in [0, 0.1) is 6.92 Å². The summed E-state index contributed by atoms with van der Waals surface area (Å²) in [5.74, 6) is 2.65. The average molecular weight is 257 g/mol. The third-order valence-electron chi connectivity index (χ3n) is 3.55. The van der Waals surface area contributed by atoms with Crippen molar-refractivity contribution >= 4 is 5.78 Å². The van der Waals surface area contributed by atoms with Gasteiger partial charge in [0.1, 0.15) is 18.2 Å². The molecular formula is C14H15N3O2. The van der Waals surface area contributed by atoms with Gasteiger partial charge in [0, 0.05) is 19.0 Å². The number of nitrogens with zero attached hydrogens (tertiary/aromatic N) is 3. The normalized spacial score (nSPS) is 13.7. The van der Waals surface area contributed by atoms with E-state index in [0.717, 1.165) is 34.9 Å². The van der Waals surface area contributed by atoms with Crippen LogP contribution in [-0.4, -0.2) is 20.5 Å². The number of benzene rings is 1. The molecule has 1 aliphatic carbocycles. The first-order valence-electron chi connectivity index (χ1n) is 6.29. The zero-order chi connectivity index (χ0) is 13.4. The number of fused-ring (bicyclic) bond motifs is 1. The first-order chi connectivity index (χ1) is 9.15. The van der Waals surface area contributed by atoms with Crippen molar-refractivity contribution in [3.63, 3.8) is 0 Å². The van der Waals surface area contributed by atoms with E-state index >= 15 is 0 Å². The molecule has 0 N–H and O–H groups in total. The molecule has 0 saturated carbocycles. The lowest BCUT2D eigenvalue weighted by Gasteiger charge is -2.07. The minimum atomic E-state index is 0.227. The number of Topliss-reactive ketones (excluding diaryl/α,β-unsaturated/α-hetero) is 1. The quantitative estimate of drug-likeness (QED) is 0.841. The molecule has 0 unspecified atom stereocenters. The molecule has 0 fully saturated rings. The number of carbonyl (C=O) groups is 1. The predicted octanol–water partition coefficient (Wildman–Crippen LogP) is 1.83. The molecule has 1 aliphatic rings. The van der Waals surface area contributed by atoms with E-state index in [1.54, 1.807) is 0 Å². The van der Waals surface area contributed by atoms with Crippen molar-refractivity contribution in [1.29, 1.82) is 0 Å². The Hall–Kier alpha value is -2.17. The molecule has 19 heavy (non-hydrogen) atoms. The van der Waals surface area contributed by atoms with Gasteiger partial charge < -0.3 is 9.30 Å². The van der Waals surface area contributed by atoms with E-state index in [2.05, 4.69) is 10.2 Å². The fourth-order valence-corrected chi connectivity index (χ4v) is 2.25. The number of ketones is 1. The molecule has 5 nitrogen and oxygen atoms in total. The summed E-state index contributed by atoms with van der Waals surface area (Å²) in [5.41, 5.74) is 1.92. The van der Waals surface area contributed by atoms with Crippen molar-refractivity contribution in [2.45, 2.75) is 26.4 Å². The second-order valence-corrected chi connectivity index (χ2v) is 4.75. The van der Waals surface area contributed by atoms with Gasteiger partial charge in [-0.05, 0) is 37.1 Å². The van der Waals surface area contributed by atoms with E-state index < -0.39 is 0 Å². The van der Waals surface area contributed by atoms with Crippen LogP contribution in [0.5, 0.6) is 5.75 Å². The van der Waals surface area contributed by atoms with Crippen molar-refractivity contribution in [3.05, 3.63) is 41.0 Å². The van der Waals surface area contributed by atoms with Crippen LogP contribution in [0.1, 0.15) is 34.0 Å². The van der Waals surface area contributed by atoms with Crippen LogP contribution in [0.15, 0.2) is 18.2 Å². The lowest BCUT2D eigenvalue weighted by atomic mass is 10.1. The molecular weight excluding hydrogens is 242 g/mol. The van der Waals surface area contributed by atoms with E-state index in [-0.39, 0.29) is 5.78 Å². The Bertz CT molecular complexity index is 646. The lowest BCUT2D eigenvalue weighted by molar-refractivity contribution is 0.0994. The molecule has 0 spiro atoms. The molecule has 1 aromatic carbocycles. The maximum Gasteiger partial charge on any atom is 0.170 e. The number of rotatable bonds is 3. The topological polar surface area (TPSA) is 57.0 Å². The molecule has 0 amide bonds. The fourth-order valence-electron chi connectivity index (χ4n) is 2.25. The molecule has 0 aliphatic heterocycles. The highest BCUT2D eigenvalue weighted by molar-refractivity contribution is 6.00. The largest absolute Gasteiger partial charge is 0.486 e. The van der Waals surface area contributed by atoms with Gasteiger partial charge in [0.05, 0.1) is 0 Å². The third-order valence-corrected chi connectivity index (χ3v) is 3.55. The minimum absolute atomic E-state index is 0.227. The van der Waals surface area contributed by atoms with E-state index in [1.165, 1.54) is 0 Å². The van der Waals surface area contributed by atoms with Gasteiger partial charge in [-0.2, -0.15) is 0 Å². The molecule has 1 heterocycles. The molecule has 0 saturated heterocycles. The van der Waals surface area contributed by atoms with Crippen LogP contribution >= 0.6 is 0 Å². The molecule has 0 atom stereocenters. The monoisotopic (exact) mass is 257 g/mol. The summed E-state index contributed by atoms with van der Waals surface area (Å²) >= 11 is 0. The first-order valence-corrected chi connectivity index (χ1v) is 6.29. The second kappa shape index (κ2) is 4.50. The van der Waals surface area contributed by atoms with Gasteiger partial charge in [-0.25, -0.2) is 0 Å². The van der Waals surface area contributed by atoms with Crippen molar-refractivity contribution in [2.24, 2.45) is 7.05 Å². The Kier molecular flexibility index (Phi) is 2.81. The second-order valence-electron chi connectivity index (χ2n) is 4.75. The van der Waals surface area contributed by atoms with Crippen molar-refractivity contribution in [2.75, 3.05) is 0 Å². The highest BCUT2D eigenvalue weighted by Crippen LogP contribution is 2.26. The number of hydrogen-bond donors (Lipinski definition) is 0. The zero-order valence-electron chi connectivity index (χ0n) is 11.0. The zero-order valence-corrected chi connectivity index (χ0v) is 11.0. The van der Waals surface area contributed by atoms with Crippen LogP contribution in [-0.2, 0) is 20.1 Å². The van der Waals surface area contributed by atoms with E-state index in [1.807, 2.05) is 36.7 Å². The van der Waals surface area contributed by atoms with Gasteiger partial charge in [-0.15, -0.1) is 10.2 Å². The minimum Gasteiger partial charge on any atom is -0.486 e. The van der Waals surface area contributed by atoms with E-state index in [0.29, 0.717) is 13.0 Å². The van der Waals surface area contributed by atoms with E-state index in [9.17, 15) is 4.79 Å². The summed E-state index contributed by atoms with van der Waals surface area (Å²) in [5, 5.41) is 8.03. The Balaban J connectivity index is 1.74. The van der Waals surface area contributed by atoms with Gasteiger partial charge in [0.15, 0.2) is 11.6 Å². The number of aromatic nitrogens is 3. The van der Waals surface area contributed by atoms with Crippen LogP contribution in [0.3, 0.4) is 0 Å². The summed E-state index contributed by atoms with van der Waals surface area (Å²) in [7, 11) is 1.91. The average Bonchev–Trinajstić information content (AvgIpc) is 2.93. The number of ether oxygens (including phenoxy) is 1. The van der Waals surface area contributed by atoms with Gasteiger partial charge in [-0.1, -0.05) is 0 Å². The van der Waals surface area contributed by atoms with Crippen molar-refractivity contribution < 1.29 is 9.53 Å². The maximum absolute atomic E-state index is 11.5. The Labute approximate surface area is 111 Å². The fraction of sp³-hybridized carbons (Fsp3) is 0.357. The number of carbonyl (C=O) groups excluding carboxylic acids is 1. The van der Waals surface area contributed by atoms with Crippen LogP contribution in [0.4, 0.5) is 0 Å². The summed E-state index contributed by atoms with van der Waals surface area (Å²) in [4.78, 5) is 11.5. The Morgan fingerprint density at radius 1 is 1.32 bits per heavy atom. The van der Waals surface area contributed by atoms with Gasteiger partial charge in [-0.3, -0.25) is 4.79 Å². The predicted molar refractivity (Wildman–Crippen MR) is 69.2 cm³/mol. The summed E-state index contributed by atoms with van der Waals surface area (Å²) < 4.78 is 7.61. The summed E-state index contributed by atoms with van der Waals surface area (Å²) in [6.45, 7) is 2.28. The molecule has 5 heteroatoms. The van der Waals surface area contributed by atoms with Crippen molar-refractivity contribution in [3.8, 4) is 5.75 Å². The smallest absolute Gasteiger partial charge is 0.170 e. The molecule has 98 valence electrons. The number of aryl methyl sites for hydroxylation is 2. The number of hydrogen-bond acceptors (Lipinski definition) is 4. The van der Waals surface area contributed by atoms with Gasteiger partial charge in [0.25, 0.3) is 0 Å². The molecule has 0 bridgehead atoms. The lowest BCUT2D eigenvalue weighted by Crippen LogP contribution is -2.04. The molecule has 0 radical (unpaired) electrons. The Morgan fingerprint density at radius 3 is 2.89 bits per heavy atom. The summed E-state index contributed by atoms with van der Waals surface area (Å²) in [6, 6.07) is 5.64. The summed E-state index contributed by atoms with van der Waals surface area (Å²) in [6.07, 6.45) is 1.43. The maximum atomic E-state index is 11.5. The van der Waals surface area contributed by atoms with Crippen LogP contribution in [0.2, 0.25) is 0 Å². The SMILES string of the molecule is Cc1nnc(COc2ccc3c(c2)CCC3=O)n1C. The highest BCUT2D eigenvalue weighted by atomic mass is 16.5. The highest BCUT2D eigenvalue weighted by Gasteiger charge is 2.19.